The van der Waals surface area contributed by atoms with Crippen LogP contribution in [0.15, 0.2) is 30.5 Å². The van der Waals surface area contributed by atoms with Crippen molar-refractivity contribution in [2.45, 2.75) is 25.8 Å². The van der Waals surface area contributed by atoms with Crippen LogP contribution >= 0.6 is 11.6 Å². The van der Waals surface area contributed by atoms with Gasteiger partial charge in [-0.25, -0.2) is 0 Å². The first-order valence-corrected chi connectivity index (χ1v) is 9.40. The number of halogens is 1. The Morgan fingerprint density at radius 2 is 1.69 bits per heavy atom. The normalized spacial score (nSPS) is 17.1. The van der Waals surface area contributed by atoms with E-state index in [2.05, 4.69) is 5.10 Å². The van der Waals surface area contributed by atoms with E-state index in [4.69, 9.17) is 11.6 Å². The minimum atomic E-state index is -0.0393. The molecule has 0 bridgehead atoms. The fourth-order valence-electron chi connectivity index (χ4n) is 3.69. The summed E-state index contributed by atoms with van der Waals surface area (Å²) in [5, 5.41) is 4.91. The smallest absolute Gasteiger partial charge is 0.257 e. The molecule has 2 aliphatic heterocycles. The molecule has 7 heteroatoms. The van der Waals surface area contributed by atoms with Crippen molar-refractivity contribution in [3.05, 3.63) is 52.3 Å². The molecule has 2 aliphatic rings. The third-order valence-corrected chi connectivity index (χ3v) is 5.37. The Kier molecular flexibility index (Phi) is 4.68. The number of carbonyl (C=O) groups excluding carboxylic acids is 2. The first kappa shape index (κ1) is 17.1. The van der Waals surface area contributed by atoms with Gasteiger partial charge in [-0.2, -0.15) is 5.10 Å². The highest BCUT2D eigenvalue weighted by Gasteiger charge is 2.28. The predicted molar refractivity (Wildman–Crippen MR) is 98.4 cm³/mol. The van der Waals surface area contributed by atoms with Crippen LogP contribution in [0, 0.1) is 0 Å². The minimum Gasteiger partial charge on any atom is -0.335 e. The summed E-state index contributed by atoms with van der Waals surface area (Å²) in [6.07, 6.45) is 4.83. The van der Waals surface area contributed by atoms with Gasteiger partial charge in [0.2, 0.25) is 0 Å². The summed E-state index contributed by atoms with van der Waals surface area (Å²) < 4.78 is 1.95. The quantitative estimate of drug-likeness (QED) is 0.813. The zero-order valence-corrected chi connectivity index (χ0v) is 15.3. The van der Waals surface area contributed by atoms with E-state index < -0.39 is 0 Å². The van der Waals surface area contributed by atoms with Crippen LogP contribution in [0.25, 0.3) is 0 Å². The number of nitrogens with zero attached hydrogens (tertiary/aromatic N) is 4. The van der Waals surface area contributed by atoms with Crippen molar-refractivity contribution in [1.82, 2.24) is 19.6 Å². The summed E-state index contributed by atoms with van der Waals surface area (Å²) >= 11 is 5.98. The number of piperazine rings is 1. The highest BCUT2D eigenvalue weighted by Crippen LogP contribution is 2.21. The molecular weight excluding hydrogens is 352 g/mol. The van der Waals surface area contributed by atoms with E-state index in [9.17, 15) is 9.59 Å². The first-order valence-electron chi connectivity index (χ1n) is 9.02. The van der Waals surface area contributed by atoms with Gasteiger partial charge in [-0.15, -0.1) is 0 Å². The molecule has 1 fully saturated rings. The Hall–Kier alpha value is -2.34. The maximum Gasteiger partial charge on any atom is 0.257 e. The minimum absolute atomic E-state index is 0.0306. The van der Waals surface area contributed by atoms with Crippen molar-refractivity contribution >= 4 is 23.4 Å². The molecule has 26 heavy (non-hydrogen) atoms. The largest absolute Gasteiger partial charge is 0.335 e. The fourth-order valence-corrected chi connectivity index (χ4v) is 3.88. The molecule has 0 saturated carbocycles. The summed E-state index contributed by atoms with van der Waals surface area (Å²) in [4.78, 5) is 29.1. The van der Waals surface area contributed by atoms with Gasteiger partial charge >= 0.3 is 0 Å². The van der Waals surface area contributed by atoms with Gasteiger partial charge < -0.3 is 9.80 Å². The number of amides is 2. The second kappa shape index (κ2) is 7.11. The molecule has 4 rings (SSSR count). The summed E-state index contributed by atoms with van der Waals surface area (Å²) in [6.45, 7) is 3.02. The lowest BCUT2D eigenvalue weighted by molar-refractivity contribution is 0.0534. The molecule has 0 aliphatic carbocycles. The Morgan fingerprint density at radius 1 is 0.962 bits per heavy atom. The molecule has 0 spiro atoms. The number of hydrogen-bond acceptors (Lipinski definition) is 3. The van der Waals surface area contributed by atoms with E-state index in [1.54, 1.807) is 35.4 Å². The predicted octanol–water partition coefficient (Wildman–Crippen LogP) is 2.47. The highest BCUT2D eigenvalue weighted by atomic mass is 35.5. The molecule has 2 amide bonds. The van der Waals surface area contributed by atoms with E-state index in [-0.39, 0.29) is 11.8 Å². The van der Waals surface area contributed by atoms with Crippen molar-refractivity contribution < 1.29 is 9.59 Å². The van der Waals surface area contributed by atoms with E-state index >= 15 is 0 Å². The lowest BCUT2D eigenvalue weighted by Crippen LogP contribution is -2.50. The average Bonchev–Trinajstić information content (AvgIpc) is 3.11. The molecule has 136 valence electrons. The van der Waals surface area contributed by atoms with Gasteiger partial charge in [0.1, 0.15) is 0 Å². The van der Waals surface area contributed by atoms with Gasteiger partial charge in [-0.1, -0.05) is 17.7 Å². The van der Waals surface area contributed by atoms with Crippen molar-refractivity contribution in [2.24, 2.45) is 0 Å². The highest BCUT2D eigenvalue weighted by molar-refractivity contribution is 6.30. The van der Waals surface area contributed by atoms with Crippen LogP contribution in [0.2, 0.25) is 5.02 Å². The van der Waals surface area contributed by atoms with Crippen LogP contribution in [0.1, 0.15) is 39.3 Å². The van der Waals surface area contributed by atoms with Gasteiger partial charge in [-0.3, -0.25) is 14.3 Å². The van der Waals surface area contributed by atoms with E-state index in [1.807, 2.05) is 9.58 Å². The van der Waals surface area contributed by atoms with Crippen LogP contribution < -0.4 is 0 Å². The molecule has 3 heterocycles. The first-order chi connectivity index (χ1) is 12.6. The molecule has 0 radical (unpaired) electrons. The summed E-state index contributed by atoms with van der Waals surface area (Å²) in [7, 11) is 0. The van der Waals surface area contributed by atoms with Crippen LogP contribution in [-0.4, -0.2) is 57.6 Å². The van der Waals surface area contributed by atoms with Gasteiger partial charge in [0.05, 0.1) is 17.5 Å². The van der Waals surface area contributed by atoms with Crippen molar-refractivity contribution in [3.63, 3.8) is 0 Å². The number of carbonyl (C=O) groups is 2. The zero-order valence-electron chi connectivity index (χ0n) is 14.5. The molecular formula is C19H21ClN4O2. The fraction of sp³-hybridized carbons (Fsp3) is 0.421. The van der Waals surface area contributed by atoms with Gasteiger partial charge in [0, 0.05) is 43.3 Å². The standard InChI is InChI=1S/C19H21ClN4O2/c20-15-5-3-4-14(12-15)18(25)22-8-10-23(11-9-22)19(26)16-13-21-24-7-2-1-6-17(16)24/h3-5,12-13H,1-2,6-11H2. The van der Waals surface area contributed by atoms with Crippen LogP contribution in [0.4, 0.5) is 0 Å². The molecule has 1 saturated heterocycles. The molecule has 0 atom stereocenters. The summed E-state index contributed by atoms with van der Waals surface area (Å²) in [5.41, 5.74) is 2.36. The van der Waals surface area contributed by atoms with Gasteiger partial charge in [0.25, 0.3) is 11.8 Å². The SMILES string of the molecule is O=C(c1cccc(Cl)c1)N1CCN(C(=O)c2cnn3c2CCCC3)CC1. The van der Waals surface area contributed by atoms with E-state index in [0.717, 1.165) is 37.1 Å². The van der Waals surface area contributed by atoms with E-state index in [0.29, 0.717) is 36.8 Å². The maximum atomic E-state index is 12.9. The van der Waals surface area contributed by atoms with Gasteiger partial charge in [-0.05, 0) is 37.5 Å². The number of rotatable bonds is 2. The zero-order chi connectivity index (χ0) is 18.1. The Balaban J connectivity index is 1.41. The van der Waals surface area contributed by atoms with Crippen molar-refractivity contribution in [3.8, 4) is 0 Å². The average molecular weight is 373 g/mol. The summed E-state index contributed by atoms with van der Waals surface area (Å²) in [5.74, 6) is -0.00878. The summed E-state index contributed by atoms with van der Waals surface area (Å²) in [6, 6.07) is 6.98. The molecule has 0 N–H and O–H groups in total. The molecule has 0 unspecified atom stereocenters. The van der Waals surface area contributed by atoms with Crippen LogP contribution in [0.5, 0.6) is 0 Å². The van der Waals surface area contributed by atoms with Crippen LogP contribution in [-0.2, 0) is 13.0 Å². The van der Waals surface area contributed by atoms with Crippen molar-refractivity contribution in [2.75, 3.05) is 26.2 Å². The number of benzene rings is 1. The Morgan fingerprint density at radius 3 is 2.42 bits per heavy atom. The third-order valence-electron chi connectivity index (χ3n) is 5.14. The van der Waals surface area contributed by atoms with Crippen molar-refractivity contribution in [1.29, 1.82) is 0 Å². The Bertz CT molecular complexity index is 840. The molecule has 1 aromatic heterocycles. The third kappa shape index (κ3) is 3.21. The molecule has 2 aromatic rings. The number of fused-ring (bicyclic) bond motifs is 1. The topological polar surface area (TPSA) is 58.4 Å². The van der Waals surface area contributed by atoms with Gasteiger partial charge in [0.15, 0.2) is 0 Å². The number of hydrogen-bond donors (Lipinski definition) is 0. The van der Waals surface area contributed by atoms with E-state index in [1.165, 1.54) is 0 Å². The lowest BCUT2D eigenvalue weighted by Gasteiger charge is -2.35. The Labute approximate surface area is 157 Å². The monoisotopic (exact) mass is 372 g/mol. The molecule has 1 aromatic carbocycles. The second-order valence-electron chi connectivity index (χ2n) is 6.78. The number of aryl methyl sites for hydroxylation is 1. The second-order valence-corrected chi connectivity index (χ2v) is 7.22. The van der Waals surface area contributed by atoms with Crippen LogP contribution in [0.3, 0.4) is 0 Å². The lowest BCUT2D eigenvalue weighted by atomic mass is 10.1. The molecule has 6 nitrogen and oxygen atoms in total. The maximum absolute atomic E-state index is 12.9. The number of aromatic nitrogens is 2.